The standard InChI is InChI=1S/C14H22N4O2/c1-2-14(17-16-4-1)15-8-13-10-18(5-7-20-13)9-12-3-6-19-11-12/h1-2,4,12-13H,3,5-11H2,(H,15,17)/t12-,13+/m1/s1. The fourth-order valence-corrected chi connectivity index (χ4v) is 2.78. The van der Waals surface area contributed by atoms with Crippen LogP contribution in [0.2, 0.25) is 0 Å². The zero-order chi connectivity index (χ0) is 13.6. The smallest absolute Gasteiger partial charge is 0.148 e. The van der Waals surface area contributed by atoms with E-state index in [1.807, 2.05) is 12.1 Å². The minimum absolute atomic E-state index is 0.216. The Balaban J connectivity index is 1.43. The highest BCUT2D eigenvalue weighted by Crippen LogP contribution is 2.16. The summed E-state index contributed by atoms with van der Waals surface area (Å²) >= 11 is 0. The molecule has 0 bridgehead atoms. The summed E-state index contributed by atoms with van der Waals surface area (Å²) in [6.07, 6.45) is 3.08. The lowest BCUT2D eigenvalue weighted by Gasteiger charge is -2.34. The molecule has 0 amide bonds. The van der Waals surface area contributed by atoms with Gasteiger partial charge in [0.1, 0.15) is 5.82 Å². The van der Waals surface area contributed by atoms with E-state index in [4.69, 9.17) is 9.47 Å². The van der Waals surface area contributed by atoms with Gasteiger partial charge in [0.15, 0.2) is 0 Å². The molecule has 3 rings (SSSR count). The summed E-state index contributed by atoms with van der Waals surface area (Å²) in [6.45, 7) is 6.55. The third-order valence-corrected chi connectivity index (χ3v) is 3.85. The van der Waals surface area contributed by atoms with E-state index < -0.39 is 0 Å². The molecule has 0 saturated carbocycles. The Kier molecular flexibility index (Phi) is 4.78. The molecule has 2 fully saturated rings. The first-order valence-electron chi connectivity index (χ1n) is 7.33. The Bertz CT molecular complexity index is 397. The molecule has 0 unspecified atom stereocenters. The van der Waals surface area contributed by atoms with Crippen molar-refractivity contribution in [1.29, 1.82) is 0 Å². The lowest BCUT2D eigenvalue weighted by Crippen LogP contribution is -2.47. The Labute approximate surface area is 119 Å². The Morgan fingerprint density at radius 3 is 3.20 bits per heavy atom. The second kappa shape index (κ2) is 6.97. The van der Waals surface area contributed by atoms with Crippen LogP contribution in [-0.2, 0) is 9.47 Å². The van der Waals surface area contributed by atoms with E-state index in [9.17, 15) is 0 Å². The van der Waals surface area contributed by atoms with Gasteiger partial charge in [-0.3, -0.25) is 4.90 Å². The molecule has 3 heterocycles. The average molecular weight is 278 g/mol. The second-order valence-corrected chi connectivity index (χ2v) is 5.47. The van der Waals surface area contributed by atoms with E-state index in [0.717, 1.165) is 51.8 Å². The maximum Gasteiger partial charge on any atom is 0.148 e. The number of aromatic nitrogens is 2. The molecule has 20 heavy (non-hydrogen) atoms. The maximum atomic E-state index is 5.81. The average Bonchev–Trinajstić information content (AvgIpc) is 3.00. The first-order chi connectivity index (χ1) is 9.90. The van der Waals surface area contributed by atoms with Gasteiger partial charge in [-0.2, -0.15) is 5.10 Å². The van der Waals surface area contributed by atoms with Crippen LogP contribution < -0.4 is 5.32 Å². The highest BCUT2D eigenvalue weighted by Gasteiger charge is 2.24. The van der Waals surface area contributed by atoms with E-state index in [1.54, 1.807) is 6.20 Å². The lowest BCUT2D eigenvalue weighted by atomic mass is 10.1. The summed E-state index contributed by atoms with van der Waals surface area (Å²) in [6, 6.07) is 3.80. The largest absolute Gasteiger partial charge is 0.381 e. The first kappa shape index (κ1) is 13.7. The quantitative estimate of drug-likeness (QED) is 0.852. The van der Waals surface area contributed by atoms with Crippen molar-refractivity contribution >= 4 is 5.82 Å². The minimum atomic E-state index is 0.216. The van der Waals surface area contributed by atoms with Crippen LogP contribution in [0.15, 0.2) is 18.3 Å². The SMILES string of the molecule is c1cnnc(NC[C@H]2CN(C[C@H]3CCOC3)CCO2)c1. The molecule has 110 valence electrons. The third-order valence-electron chi connectivity index (χ3n) is 3.85. The van der Waals surface area contributed by atoms with Gasteiger partial charge in [-0.15, -0.1) is 5.10 Å². The van der Waals surface area contributed by atoms with Crippen molar-refractivity contribution in [3.8, 4) is 0 Å². The van der Waals surface area contributed by atoms with Crippen LogP contribution >= 0.6 is 0 Å². The van der Waals surface area contributed by atoms with Crippen LogP contribution in [0.1, 0.15) is 6.42 Å². The van der Waals surface area contributed by atoms with Gasteiger partial charge in [-0.25, -0.2) is 0 Å². The number of anilines is 1. The predicted molar refractivity (Wildman–Crippen MR) is 75.6 cm³/mol. The predicted octanol–water partition coefficient (Wildman–Crippen LogP) is 0.626. The second-order valence-electron chi connectivity index (χ2n) is 5.47. The monoisotopic (exact) mass is 278 g/mol. The van der Waals surface area contributed by atoms with Crippen molar-refractivity contribution in [1.82, 2.24) is 15.1 Å². The summed E-state index contributed by atoms with van der Waals surface area (Å²) in [7, 11) is 0. The van der Waals surface area contributed by atoms with Crippen LogP contribution in [0.3, 0.4) is 0 Å². The van der Waals surface area contributed by atoms with Crippen molar-refractivity contribution in [2.75, 3.05) is 51.3 Å². The van der Waals surface area contributed by atoms with E-state index >= 15 is 0 Å². The van der Waals surface area contributed by atoms with E-state index in [1.165, 1.54) is 6.42 Å². The number of hydrogen-bond donors (Lipinski definition) is 1. The van der Waals surface area contributed by atoms with E-state index in [0.29, 0.717) is 5.92 Å². The molecule has 6 nitrogen and oxygen atoms in total. The molecule has 1 aromatic rings. The highest BCUT2D eigenvalue weighted by atomic mass is 16.5. The molecule has 2 aliphatic rings. The Morgan fingerprint density at radius 1 is 1.40 bits per heavy atom. The normalized spacial score (nSPS) is 27.6. The third kappa shape index (κ3) is 3.88. The summed E-state index contributed by atoms with van der Waals surface area (Å²) in [5.41, 5.74) is 0. The zero-order valence-electron chi connectivity index (χ0n) is 11.7. The van der Waals surface area contributed by atoms with Gasteiger partial charge in [0, 0.05) is 39.0 Å². The highest BCUT2D eigenvalue weighted by molar-refractivity contribution is 5.31. The van der Waals surface area contributed by atoms with Crippen LogP contribution in [-0.4, -0.2) is 67.2 Å². The molecule has 1 aromatic heterocycles. The van der Waals surface area contributed by atoms with Gasteiger partial charge in [-0.1, -0.05) is 0 Å². The molecule has 2 atom stereocenters. The van der Waals surface area contributed by atoms with Crippen molar-refractivity contribution < 1.29 is 9.47 Å². The molecule has 1 N–H and O–H groups in total. The molecule has 0 aromatic carbocycles. The summed E-state index contributed by atoms with van der Waals surface area (Å²) in [5, 5.41) is 11.2. The first-order valence-corrected chi connectivity index (χ1v) is 7.33. The number of nitrogens with one attached hydrogen (secondary N) is 1. The topological polar surface area (TPSA) is 59.5 Å². The summed E-state index contributed by atoms with van der Waals surface area (Å²) in [4.78, 5) is 2.49. The van der Waals surface area contributed by atoms with E-state index in [-0.39, 0.29) is 6.10 Å². The lowest BCUT2D eigenvalue weighted by molar-refractivity contribution is -0.0261. The maximum absolute atomic E-state index is 5.81. The van der Waals surface area contributed by atoms with Crippen molar-refractivity contribution in [3.05, 3.63) is 18.3 Å². The number of nitrogens with zero attached hydrogens (tertiary/aromatic N) is 3. The molecule has 0 aliphatic carbocycles. The summed E-state index contributed by atoms with van der Waals surface area (Å²) < 4.78 is 11.3. The zero-order valence-corrected chi connectivity index (χ0v) is 11.7. The molecule has 2 saturated heterocycles. The Hall–Kier alpha value is -1.24. The van der Waals surface area contributed by atoms with Crippen LogP contribution in [0, 0.1) is 5.92 Å². The van der Waals surface area contributed by atoms with Gasteiger partial charge in [0.25, 0.3) is 0 Å². The van der Waals surface area contributed by atoms with Gasteiger partial charge >= 0.3 is 0 Å². The van der Waals surface area contributed by atoms with Gasteiger partial charge in [0.05, 0.1) is 19.3 Å². The van der Waals surface area contributed by atoms with Crippen LogP contribution in [0.25, 0.3) is 0 Å². The molecular formula is C14H22N4O2. The number of ether oxygens (including phenoxy) is 2. The van der Waals surface area contributed by atoms with Crippen LogP contribution in [0.4, 0.5) is 5.82 Å². The fourth-order valence-electron chi connectivity index (χ4n) is 2.78. The van der Waals surface area contributed by atoms with Crippen LogP contribution in [0.5, 0.6) is 0 Å². The number of morpholine rings is 1. The number of hydrogen-bond acceptors (Lipinski definition) is 6. The molecule has 0 radical (unpaired) electrons. The molecule has 0 spiro atoms. The van der Waals surface area contributed by atoms with Gasteiger partial charge < -0.3 is 14.8 Å². The van der Waals surface area contributed by atoms with E-state index in [2.05, 4.69) is 20.4 Å². The minimum Gasteiger partial charge on any atom is -0.381 e. The van der Waals surface area contributed by atoms with Crippen molar-refractivity contribution in [3.63, 3.8) is 0 Å². The summed E-state index contributed by atoms with van der Waals surface area (Å²) in [5.74, 6) is 1.50. The molecule has 6 heteroatoms. The fraction of sp³-hybridized carbons (Fsp3) is 0.714. The molecular weight excluding hydrogens is 256 g/mol. The van der Waals surface area contributed by atoms with Crippen molar-refractivity contribution in [2.24, 2.45) is 5.92 Å². The van der Waals surface area contributed by atoms with Gasteiger partial charge in [-0.05, 0) is 24.5 Å². The number of rotatable bonds is 5. The van der Waals surface area contributed by atoms with Gasteiger partial charge in [0.2, 0.25) is 0 Å². The van der Waals surface area contributed by atoms with Crippen molar-refractivity contribution in [2.45, 2.75) is 12.5 Å². The Morgan fingerprint density at radius 2 is 2.40 bits per heavy atom. The molecule has 2 aliphatic heterocycles.